The van der Waals surface area contributed by atoms with E-state index in [1.165, 1.54) is 26.9 Å². The van der Waals surface area contributed by atoms with E-state index in [0.29, 0.717) is 29.4 Å². The molecule has 0 aromatic heterocycles. The van der Waals surface area contributed by atoms with Crippen LogP contribution in [0.2, 0.25) is 0 Å². The molecule has 2 aromatic rings. The van der Waals surface area contributed by atoms with Crippen molar-refractivity contribution >= 4 is 5.91 Å². The largest absolute Gasteiger partial charge is 0.493 e. The van der Waals surface area contributed by atoms with Crippen LogP contribution in [0, 0.1) is 0 Å². The van der Waals surface area contributed by atoms with E-state index in [4.69, 9.17) is 14.2 Å². The minimum atomic E-state index is -0.205. The lowest BCUT2D eigenvalue weighted by Gasteiger charge is -2.16. The molecule has 0 saturated heterocycles. The van der Waals surface area contributed by atoms with Crippen molar-refractivity contribution in [2.24, 2.45) is 0 Å². The summed E-state index contributed by atoms with van der Waals surface area (Å²) in [6, 6.07) is 11.4. The summed E-state index contributed by atoms with van der Waals surface area (Å²) in [7, 11) is 8.62. The number of methoxy groups -OCH3 is 3. The minimum Gasteiger partial charge on any atom is -0.493 e. The van der Waals surface area contributed by atoms with Crippen LogP contribution in [0.15, 0.2) is 36.4 Å². The van der Waals surface area contributed by atoms with Gasteiger partial charge in [-0.2, -0.15) is 0 Å². The topological polar surface area (TPSA) is 60.0 Å². The maximum Gasteiger partial charge on any atom is 0.251 e. The van der Waals surface area contributed by atoms with Crippen LogP contribution < -0.4 is 19.5 Å². The van der Waals surface area contributed by atoms with Crippen molar-refractivity contribution in [2.45, 2.75) is 13.1 Å². The number of carbonyl (C=O) groups excluding carboxylic acids is 1. The lowest BCUT2D eigenvalue weighted by atomic mass is 10.1. The molecule has 0 heterocycles. The van der Waals surface area contributed by atoms with Gasteiger partial charge in [-0.25, -0.2) is 0 Å². The van der Waals surface area contributed by atoms with Crippen molar-refractivity contribution < 1.29 is 19.0 Å². The van der Waals surface area contributed by atoms with Crippen LogP contribution in [0.3, 0.4) is 0 Å². The maximum absolute atomic E-state index is 12.6. The van der Waals surface area contributed by atoms with Gasteiger partial charge in [-0.1, -0.05) is 24.3 Å². The molecule has 0 unspecified atom stereocenters. The number of hydrogen-bond donors (Lipinski definition) is 1. The van der Waals surface area contributed by atoms with Crippen LogP contribution in [0.25, 0.3) is 0 Å². The predicted octanol–water partition coefficient (Wildman–Crippen LogP) is 2.70. The standard InChI is InChI=1S/C20H26N2O4/c1-22(2)13-15-9-7-6-8-14(15)12-21-20(23)16-10-17(24-3)19(26-5)18(11-16)25-4/h6-11H,12-13H2,1-5H3,(H,21,23). The van der Waals surface area contributed by atoms with Crippen molar-refractivity contribution in [1.29, 1.82) is 0 Å². The van der Waals surface area contributed by atoms with E-state index in [1.807, 2.05) is 32.3 Å². The number of amides is 1. The summed E-state index contributed by atoms with van der Waals surface area (Å²) in [5, 5.41) is 2.96. The molecule has 0 atom stereocenters. The van der Waals surface area contributed by atoms with E-state index in [9.17, 15) is 4.79 Å². The van der Waals surface area contributed by atoms with E-state index < -0.39 is 0 Å². The molecule has 0 aliphatic carbocycles. The molecule has 6 nitrogen and oxygen atoms in total. The first-order valence-corrected chi connectivity index (χ1v) is 8.29. The fourth-order valence-corrected chi connectivity index (χ4v) is 2.71. The molecule has 1 N–H and O–H groups in total. The Bertz CT molecular complexity index is 734. The molecule has 2 rings (SSSR count). The smallest absolute Gasteiger partial charge is 0.251 e. The first-order chi connectivity index (χ1) is 12.5. The van der Waals surface area contributed by atoms with Gasteiger partial charge in [0.2, 0.25) is 5.75 Å². The van der Waals surface area contributed by atoms with Gasteiger partial charge in [0.15, 0.2) is 11.5 Å². The van der Waals surface area contributed by atoms with Crippen molar-refractivity contribution in [2.75, 3.05) is 35.4 Å². The number of carbonyl (C=O) groups is 1. The molecular formula is C20H26N2O4. The highest BCUT2D eigenvalue weighted by Crippen LogP contribution is 2.38. The van der Waals surface area contributed by atoms with Crippen LogP contribution in [0.1, 0.15) is 21.5 Å². The van der Waals surface area contributed by atoms with E-state index in [2.05, 4.69) is 16.3 Å². The summed E-state index contributed by atoms with van der Waals surface area (Å²) < 4.78 is 15.9. The molecule has 140 valence electrons. The normalized spacial score (nSPS) is 10.5. The number of rotatable bonds is 8. The molecule has 0 saturated carbocycles. The Hall–Kier alpha value is -2.73. The summed E-state index contributed by atoms with van der Waals surface area (Å²) in [4.78, 5) is 14.7. The quantitative estimate of drug-likeness (QED) is 0.786. The number of nitrogens with one attached hydrogen (secondary N) is 1. The highest BCUT2D eigenvalue weighted by molar-refractivity contribution is 5.95. The Kier molecular flexibility index (Phi) is 6.86. The summed E-state index contributed by atoms with van der Waals surface area (Å²) >= 11 is 0. The first kappa shape index (κ1) is 19.6. The van der Waals surface area contributed by atoms with Gasteiger partial charge >= 0.3 is 0 Å². The highest BCUT2D eigenvalue weighted by Gasteiger charge is 2.17. The Morgan fingerprint density at radius 3 is 2.04 bits per heavy atom. The lowest BCUT2D eigenvalue weighted by molar-refractivity contribution is 0.0950. The third kappa shape index (κ3) is 4.67. The van der Waals surface area contributed by atoms with E-state index >= 15 is 0 Å². The second-order valence-corrected chi connectivity index (χ2v) is 6.10. The zero-order chi connectivity index (χ0) is 19.1. The molecule has 0 radical (unpaired) electrons. The van der Waals surface area contributed by atoms with Crippen molar-refractivity contribution in [3.05, 3.63) is 53.1 Å². The average molecular weight is 358 g/mol. The number of nitrogens with zero attached hydrogens (tertiary/aromatic N) is 1. The van der Waals surface area contributed by atoms with Gasteiger partial charge in [0.1, 0.15) is 0 Å². The molecule has 0 fully saturated rings. The monoisotopic (exact) mass is 358 g/mol. The average Bonchev–Trinajstić information content (AvgIpc) is 2.65. The van der Waals surface area contributed by atoms with Crippen LogP contribution in [-0.4, -0.2) is 46.2 Å². The van der Waals surface area contributed by atoms with Gasteiger partial charge in [0.25, 0.3) is 5.91 Å². The third-order valence-corrected chi connectivity index (χ3v) is 3.97. The van der Waals surface area contributed by atoms with Gasteiger partial charge in [-0.3, -0.25) is 4.79 Å². The molecule has 0 spiro atoms. The summed E-state index contributed by atoms with van der Waals surface area (Å²) in [5.41, 5.74) is 2.72. The molecular weight excluding hydrogens is 332 g/mol. The van der Waals surface area contributed by atoms with Crippen molar-refractivity contribution in [1.82, 2.24) is 10.2 Å². The van der Waals surface area contributed by atoms with Gasteiger partial charge in [-0.05, 0) is 37.4 Å². The second kappa shape index (κ2) is 9.10. The molecule has 1 amide bonds. The van der Waals surface area contributed by atoms with Gasteiger partial charge in [0, 0.05) is 18.7 Å². The first-order valence-electron chi connectivity index (χ1n) is 8.29. The van der Waals surface area contributed by atoms with Gasteiger partial charge in [0.05, 0.1) is 21.3 Å². The molecule has 0 aliphatic rings. The van der Waals surface area contributed by atoms with Gasteiger partial charge < -0.3 is 24.4 Å². The maximum atomic E-state index is 12.6. The van der Waals surface area contributed by atoms with Crippen molar-refractivity contribution in [3.8, 4) is 17.2 Å². The SMILES string of the molecule is COc1cc(C(=O)NCc2ccccc2CN(C)C)cc(OC)c1OC. The van der Waals surface area contributed by atoms with Crippen LogP contribution >= 0.6 is 0 Å². The zero-order valence-electron chi connectivity index (χ0n) is 16.0. The Morgan fingerprint density at radius 1 is 0.962 bits per heavy atom. The molecule has 0 bridgehead atoms. The van der Waals surface area contributed by atoms with E-state index in [0.717, 1.165) is 12.1 Å². The number of benzene rings is 2. The zero-order valence-corrected chi connectivity index (χ0v) is 16.0. The van der Waals surface area contributed by atoms with Crippen molar-refractivity contribution in [3.63, 3.8) is 0 Å². The fourth-order valence-electron chi connectivity index (χ4n) is 2.71. The Labute approximate surface area is 154 Å². The third-order valence-electron chi connectivity index (χ3n) is 3.97. The van der Waals surface area contributed by atoms with Gasteiger partial charge in [-0.15, -0.1) is 0 Å². The summed E-state index contributed by atoms with van der Waals surface area (Å²) in [5.74, 6) is 1.15. The number of ether oxygens (including phenoxy) is 3. The molecule has 2 aromatic carbocycles. The summed E-state index contributed by atoms with van der Waals surface area (Å²) in [6.07, 6.45) is 0. The lowest BCUT2D eigenvalue weighted by Crippen LogP contribution is -2.24. The van der Waals surface area contributed by atoms with E-state index in [-0.39, 0.29) is 5.91 Å². The molecule has 6 heteroatoms. The predicted molar refractivity (Wildman–Crippen MR) is 101 cm³/mol. The Balaban J connectivity index is 2.18. The molecule has 26 heavy (non-hydrogen) atoms. The minimum absolute atomic E-state index is 0.205. The van der Waals surface area contributed by atoms with Crippen LogP contribution in [-0.2, 0) is 13.1 Å². The fraction of sp³-hybridized carbons (Fsp3) is 0.350. The Morgan fingerprint density at radius 2 is 1.54 bits per heavy atom. The van der Waals surface area contributed by atoms with Crippen LogP contribution in [0.5, 0.6) is 17.2 Å². The molecule has 0 aliphatic heterocycles. The van der Waals surface area contributed by atoms with Crippen LogP contribution in [0.4, 0.5) is 0 Å². The number of hydrogen-bond acceptors (Lipinski definition) is 5. The van der Waals surface area contributed by atoms with E-state index in [1.54, 1.807) is 12.1 Å². The second-order valence-electron chi connectivity index (χ2n) is 6.10. The highest BCUT2D eigenvalue weighted by atomic mass is 16.5. The summed E-state index contributed by atoms with van der Waals surface area (Å²) in [6.45, 7) is 1.26.